The molecule has 2 aromatic heterocycles. The van der Waals surface area contributed by atoms with Gasteiger partial charge >= 0.3 is 0 Å². The summed E-state index contributed by atoms with van der Waals surface area (Å²) in [6, 6.07) is 4.53. The molecule has 7 nitrogen and oxygen atoms in total. The molecule has 3 aromatic rings. The van der Waals surface area contributed by atoms with Crippen molar-refractivity contribution in [2.75, 3.05) is 0 Å². The molecule has 1 amide bonds. The first-order chi connectivity index (χ1) is 12.6. The maximum atomic E-state index is 13.7. The quantitative estimate of drug-likeness (QED) is 0.753. The van der Waals surface area contributed by atoms with Gasteiger partial charge in [0.1, 0.15) is 24.0 Å². The van der Waals surface area contributed by atoms with Crippen LogP contribution in [0.2, 0.25) is 0 Å². The van der Waals surface area contributed by atoms with Gasteiger partial charge in [-0.3, -0.25) is 9.59 Å². The number of para-hydroxylation sites is 1. The molecule has 0 radical (unpaired) electrons. The number of hydrogen-bond donors (Lipinski definition) is 2. The Morgan fingerprint density at radius 2 is 2.08 bits per heavy atom. The summed E-state index contributed by atoms with van der Waals surface area (Å²) in [4.78, 5) is 31.7. The number of H-pyrrole nitrogens is 1. The molecule has 1 aliphatic rings. The van der Waals surface area contributed by atoms with E-state index in [1.165, 1.54) is 30.7 Å². The first-order valence-electron chi connectivity index (χ1n) is 8.58. The Bertz CT molecular complexity index is 990. The molecule has 2 heterocycles. The first kappa shape index (κ1) is 16.4. The second-order valence-electron chi connectivity index (χ2n) is 6.55. The molecular formula is C18H18FN5O2. The molecule has 134 valence electrons. The first-order valence-corrected chi connectivity index (χ1v) is 8.58. The van der Waals surface area contributed by atoms with Crippen molar-refractivity contribution in [2.24, 2.45) is 0 Å². The van der Waals surface area contributed by atoms with Crippen LogP contribution < -0.4 is 10.7 Å². The number of pyridine rings is 1. The summed E-state index contributed by atoms with van der Waals surface area (Å²) in [7, 11) is 0. The lowest BCUT2D eigenvalue weighted by atomic mass is 9.91. The third-order valence-electron chi connectivity index (χ3n) is 4.95. The number of amides is 1. The van der Waals surface area contributed by atoms with Crippen LogP contribution in [0, 0.1) is 5.82 Å². The van der Waals surface area contributed by atoms with E-state index in [1.54, 1.807) is 6.33 Å². The Hall–Kier alpha value is -3.03. The number of aromatic amines is 1. The molecular weight excluding hydrogens is 337 g/mol. The summed E-state index contributed by atoms with van der Waals surface area (Å²) in [6.45, 7) is 0. The number of carbonyl (C=O) groups is 1. The average Bonchev–Trinajstić information content (AvgIpc) is 3.18. The Labute approximate surface area is 148 Å². The van der Waals surface area contributed by atoms with Crippen molar-refractivity contribution < 1.29 is 9.18 Å². The summed E-state index contributed by atoms with van der Waals surface area (Å²) in [5, 5.41) is 7.26. The van der Waals surface area contributed by atoms with Crippen LogP contribution in [0.15, 0.2) is 41.8 Å². The second kappa shape index (κ2) is 6.70. The van der Waals surface area contributed by atoms with Gasteiger partial charge in [0.05, 0.1) is 11.6 Å². The largest absolute Gasteiger partial charge is 0.358 e. The molecule has 4 rings (SSSR count). The van der Waals surface area contributed by atoms with Gasteiger partial charge in [0.15, 0.2) is 0 Å². The lowest BCUT2D eigenvalue weighted by Gasteiger charge is -2.28. The zero-order valence-corrected chi connectivity index (χ0v) is 14.0. The van der Waals surface area contributed by atoms with Crippen molar-refractivity contribution >= 4 is 16.8 Å². The third-order valence-corrected chi connectivity index (χ3v) is 4.95. The summed E-state index contributed by atoms with van der Waals surface area (Å²) >= 11 is 0. The Kier molecular flexibility index (Phi) is 4.24. The smallest absolute Gasteiger partial charge is 0.256 e. The zero-order chi connectivity index (χ0) is 18.1. The number of hydrogen-bond acceptors (Lipinski definition) is 4. The van der Waals surface area contributed by atoms with Crippen LogP contribution in [0.5, 0.6) is 0 Å². The number of nitrogens with one attached hydrogen (secondary N) is 2. The molecule has 0 aliphatic heterocycles. The van der Waals surface area contributed by atoms with Gasteiger partial charge in [0.25, 0.3) is 5.91 Å². The van der Waals surface area contributed by atoms with Crippen LogP contribution in [0.4, 0.5) is 4.39 Å². The topological polar surface area (TPSA) is 92.7 Å². The van der Waals surface area contributed by atoms with E-state index in [9.17, 15) is 14.0 Å². The lowest BCUT2D eigenvalue weighted by Crippen LogP contribution is -2.39. The van der Waals surface area contributed by atoms with Crippen LogP contribution in [0.25, 0.3) is 10.9 Å². The van der Waals surface area contributed by atoms with Gasteiger partial charge in [-0.1, -0.05) is 6.07 Å². The van der Waals surface area contributed by atoms with Gasteiger partial charge in [0, 0.05) is 17.6 Å². The molecule has 0 saturated heterocycles. The van der Waals surface area contributed by atoms with Crippen LogP contribution in [-0.2, 0) is 0 Å². The van der Waals surface area contributed by atoms with E-state index >= 15 is 0 Å². The molecule has 0 bridgehead atoms. The van der Waals surface area contributed by atoms with Gasteiger partial charge in [-0.2, -0.15) is 5.10 Å². The number of nitrogens with zero attached hydrogens (tertiary/aromatic N) is 3. The van der Waals surface area contributed by atoms with Crippen LogP contribution in [0.3, 0.4) is 0 Å². The van der Waals surface area contributed by atoms with Crippen molar-refractivity contribution in [1.29, 1.82) is 0 Å². The normalized spacial score (nSPS) is 20.2. The van der Waals surface area contributed by atoms with Gasteiger partial charge in [0.2, 0.25) is 5.43 Å². The minimum Gasteiger partial charge on any atom is -0.358 e. The number of benzene rings is 1. The van der Waals surface area contributed by atoms with Gasteiger partial charge in [-0.15, -0.1) is 0 Å². The fraction of sp³-hybridized carbons (Fsp3) is 0.333. The number of carbonyl (C=O) groups excluding carboxylic acids is 1. The molecule has 0 atom stereocenters. The Balaban J connectivity index is 1.47. The molecule has 26 heavy (non-hydrogen) atoms. The third kappa shape index (κ3) is 2.98. The predicted molar refractivity (Wildman–Crippen MR) is 93.3 cm³/mol. The summed E-state index contributed by atoms with van der Waals surface area (Å²) in [5.41, 5.74) is -0.351. The highest BCUT2D eigenvalue weighted by molar-refractivity contribution is 5.97. The maximum absolute atomic E-state index is 13.7. The molecule has 0 spiro atoms. The number of halogens is 1. The highest BCUT2D eigenvalue weighted by Gasteiger charge is 2.25. The number of rotatable bonds is 3. The van der Waals surface area contributed by atoms with Crippen molar-refractivity contribution in [3.05, 3.63) is 58.7 Å². The van der Waals surface area contributed by atoms with Crippen molar-refractivity contribution in [3.8, 4) is 0 Å². The van der Waals surface area contributed by atoms with Crippen LogP contribution >= 0.6 is 0 Å². The average molecular weight is 355 g/mol. The monoisotopic (exact) mass is 355 g/mol. The fourth-order valence-corrected chi connectivity index (χ4v) is 3.54. The van der Waals surface area contributed by atoms with E-state index in [-0.39, 0.29) is 28.6 Å². The second-order valence-corrected chi connectivity index (χ2v) is 6.55. The predicted octanol–water partition coefficient (Wildman–Crippen LogP) is 2.17. The molecule has 8 heteroatoms. The van der Waals surface area contributed by atoms with E-state index in [0.29, 0.717) is 0 Å². The lowest BCUT2D eigenvalue weighted by molar-refractivity contribution is 0.0920. The van der Waals surface area contributed by atoms with Crippen LogP contribution in [0.1, 0.15) is 42.1 Å². The Morgan fingerprint density at radius 1 is 1.27 bits per heavy atom. The number of fused-ring (bicyclic) bond motifs is 1. The summed E-state index contributed by atoms with van der Waals surface area (Å²) < 4.78 is 15.6. The van der Waals surface area contributed by atoms with Crippen molar-refractivity contribution in [2.45, 2.75) is 37.8 Å². The molecule has 1 aromatic carbocycles. The maximum Gasteiger partial charge on any atom is 0.256 e. The molecule has 2 N–H and O–H groups in total. The van der Waals surface area contributed by atoms with E-state index in [0.717, 1.165) is 25.7 Å². The molecule has 0 unspecified atom stereocenters. The van der Waals surface area contributed by atoms with Gasteiger partial charge < -0.3 is 10.3 Å². The summed E-state index contributed by atoms with van der Waals surface area (Å²) in [6.07, 6.45) is 7.87. The van der Waals surface area contributed by atoms with Gasteiger partial charge in [-0.05, 0) is 37.8 Å². The zero-order valence-electron chi connectivity index (χ0n) is 14.0. The Morgan fingerprint density at radius 3 is 2.81 bits per heavy atom. The number of aromatic nitrogens is 4. The van der Waals surface area contributed by atoms with E-state index in [4.69, 9.17) is 0 Å². The minimum absolute atomic E-state index is 0.00139. The van der Waals surface area contributed by atoms with Gasteiger partial charge in [-0.25, -0.2) is 14.1 Å². The highest BCUT2D eigenvalue weighted by Crippen LogP contribution is 2.27. The van der Waals surface area contributed by atoms with Crippen LogP contribution in [-0.4, -0.2) is 31.7 Å². The molecule has 1 aliphatic carbocycles. The standard InChI is InChI=1S/C18H18FN5O2/c19-15-3-1-2-13-16(15)21-8-14(17(13)25)18(26)23-11-4-6-12(7-5-11)24-10-20-9-22-24/h1-3,8-12H,4-7H2,(H,21,25)(H,23,26). The van der Waals surface area contributed by atoms with E-state index in [2.05, 4.69) is 20.4 Å². The van der Waals surface area contributed by atoms with E-state index < -0.39 is 17.2 Å². The molecule has 1 saturated carbocycles. The van der Waals surface area contributed by atoms with E-state index in [1.807, 2.05) is 4.68 Å². The fourth-order valence-electron chi connectivity index (χ4n) is 3.54. The molecule has 1 fully saturated rings. The van der Waals surface area contributed by atoms with Crippen molar-refractivity contribution in [3.63, 3.8) is 0 Å². The minimum atomic E-state index is -0.516. The SMILES string of the molecule is O=C(NC1CCC(n2cncn2)CC1)c1c[nH]c2c(F)cccc2c1=O. The van der Waals surface area contributed by atoms with Crippen molar-refractivity contribution in [1.82, 2.24) is 25.1 Å². The highest BCUT2D eigenvalue weighted by atomic mass is 19.1. The summed E-state index contributed by atoms with van der Waals surface area (Å²) in [5.74, 6) is -0.945.